The van der Waals surface area contributed by atoms with Gasteiger partial charge in [-0.3, -0.25) is 9.59 Å². The van der Waals surface area contributed by atoms with Crippen molar-refractivity contribution in [3.8, 4) is 0 Å². The Balaban J connectivity index is 1.83. The normalized spacial score (nSPS) is 14.8. The molecule has 0 bridgehead atoms. The van der Waals surface area contributed by atoms with Crippen molar-refractivity contribution in [1.29, 1.82) is 0 Å². The fraction of sp³-hybridized carbons (Fsp3) is 0.619. The first-order chi connectivity index (χ1) is 12.6. The lowest BCUT2D eigenvalue weighted by atomic mass is 9.95. The molecule has 0 radical (unpaired) electrons. The predicted molar refractivity (Wildman–Crippen MR) is 106 cm³/mol. The predicted octanol–water partition coefficient (Wildman–Crippen LogP) is 3.81. The van der Waals surface area contributed by atoms with Gasteiger partial charge in [-0.15, -0.1) is 0 Å². The maximum absolute atomic E-state index is 12.6. The number of nitrogens with zero attached hydrogens (tertiary/aromatic N) is 1. The second-order valence-corrected chi connectivity index (χ2v) is 7.13. The molecular formula is C21H33N3O2. The number of rotatable bonds is 9. The Bertz CT molecular complexity index is 559. The Morgan fingerprint density at radius 1 is 1.00 bits per heavy atom. The van der Waals surface area contributed by atoms with Crippen LogP contribution >= 0.6 is 0 Å². The van der Waals surface area contributed by atoms with Gasteiger partial charge in [-0.1, -0.05) is 33.1 Å². The summed E-state index contributed by atoms with van der Waals surface area (Å²) in [6.45, 7) is 6.05. The summed E-state index contributed by atoms with van der Waals surface area (Å²) in [6, 6.07) is 7.68. The maximum Gasteiger partial charge on any atom is 0.253 e. The Morgan fingerprint density at radius 2 is 1.62 bits per heavy atom. The molecule has 1 saturated carbocycles. The van der Waals surface area contributed by atoms with Crippen molar-refractivity contribution in [2.45, 2.75) is 64.8 Å². The van der Waals surface area contributed by atoms with E-state index in [1.54, 1.807) is 12.1 Å². The summed E-state index contributed by atoms with van der Waals surface area (Å²) < 4.78 is 0. The van der Waals surface area contributed by atoms with Crippen LogP contribution in [-0.2, 0) is 4.79 Å². The van der Waals surface area contributed by atoms with Gasteiger partial charge in [0.25, 0.3) is 5.91 Å². The molecule has 2 amide bonds. The van der Waals surface area contributed by atoms with Crippen LogP contribution in [0.15, 0.2) is 24.3 Å². The molecule has 0 atom stereocenters. The third-order valence-electron chi connectivity index (χ3n) is 4.85. The summed E-state index contributed by atoms with van der Waals surface area (Å²) in [5.41, 5.74) is 1.40. The first-order valence-electron chi connectivity index (χ1n) is 10.1. The number of hydrogen-bond acceptors (Lipinski definition) is 3. The molecular weight excluding hydrogens is 326 g/mol. The van der Waals surface area contributed by atoms with E-state index in [0.717, 1.165) is 44.5 Å². The molecule has 0 unspecified atom stereocenters. The molecule has 1 aromatic carbocycles. The molecule has 0 aromatic heterocycles. The van der Waals surface area contributed by atoms with Gasteiger partial charge in [-0.2, -0.15) is 0 Å². The molecule has 5 nitrogen and oxygen atoms in total. The lowest BCUT2D eigenvalue weighted by molar-refractivity contribution is -0.115. The third kappa shape index (κ3) is 6.45. The van der Waals surface area contributed by atoms with Crippen molar-refractivity contribution in [3.63, 3.8) is 0 Å². The quantitative estimate of drug-likeness (QED) is 0.705. The van der Waals surface area contributed by atoms with E-state index >= 15 is 0 Å². The number of anilines is 1. The molecule has 1 aliphatic rings. The molecule has 0 saturated heterocycles. The Morgan fingerprint density at radius 3 is 2.19 bits per heavy atom. The van der Waals surface area contributed by atoms with Crippen LogP contribution in [-0.4, -0.2) is 42.4 Å². The first kappa shape index (κ1) is 20.4. The van der Waals surface area contributed by atoms with Gasteiger partial charge in [0.1, 0.15) is 0 Å². The van der Waals surface area contributed by atoms with Gasteiger partial charge in [0.15, 0.2) is 0 Å². The molecule has 0 spiro atoms. The summed E-state index contributed by atoms with van der Waals surface area (Å²) >= 11 is 0. The number of amides is 2. The van der Waals surface area contributed by atoms with Crippen molar-refractivity contribution >= 4 is 17.5 Å². The minimum absolute atomic E-state index is 0.0340. The zero-order valence-corrected chi connectivity index (χ0v) is 16.2. The minimum atomic E-state index is -0.0340. The van der Waals surface area contributed by atoms with Crippen LogP contribution in [0.3, 0.4) is 0 Å². The largest absolute Gasteiger partial charge is 0.339 e. The molecule has 1 aromatic rings. The summed E-state index contributed by atoms with van der Waals surface area (Å²) in [5, 5.41) is 6.24. The second-order valence-electron chi connectivity index (χ2n) is 7.13. The summed E-state index contributed by atoms with van der Waals surface area (Å²) in [4.78, 5) is 26.6. The van der Waals surface area contributed by atoms with Crippen LogP contribution in [0.5, 0.6) is 0 Å². The molecule has 2 N–H and O–H groups in total. The molecule has 26 heavy (non-hydrogen) atoms. The van der Waals surface area contributed by atoms with Crippen LogP contribution in [0.1, 0.15) is 69.2 Å². The SMILES string of the molecule is CCCN(CCC)C(=O)c1ccc(NC(=O)CNC2CCCCC2)cc1. The van der Waals surface area contributed by atoms with Crippen LogP contribution < -0.4 is 10.6 Å². The zero-order valence-electron chi connectivity index (χ0n) is 16.2. The van der Waals surface area contributed by atoms with E-state index in [0.29, 0.717) is 18.2 Å². The van der Waals surface area contributed by atoms with Gasteiger partial charge in [0, 0.05) is 30.4 Å². The number of carbonyl (C=O) groups excluding carboxylic acids is 2. The van der Waals surface area contributed by atoms with Crippen LogP contribution in [0.4, 0.5) is 5.69 Å². The fourth-order valence-electron chi connectivity index (χ4n) is 3.48. The van der Waals surface area contributed by atoms with Gasteiger partial charge in [-0.25, -0.2) is 0 Å². The van der Waals surface area contributed by atoms with Gasteiger partial charge >= 0.3 is 0 Å². The lowest BCUT2D eigenvalue weighted by Gasteiger charge is -2.22. The van der Waals surface area contributed by atoms with Crippen molar-refractivity contribution in [2.75, 3.05) is 25.0 Å². The summed E-state index contributed by atoms with van der Waals surface area (Å²) in [7, 11) is 0. The van der Waals surface area contributed by atoms with Crippen LogP contribution in [0.25, 0.3) is 0 Å². The highest BCUT2D eigenvalue weighted by Gasteiger charge is 2.15. The van der Waals surface area contributed by atoms with Crippen molar-refractivity contribution < 1.29 is 9.59 Å². The lowest BCUT2D eigenvalue weighted by Crippen LogP contribution is -2.37. The maximum atomic E-state index is 12.6. The molecule has 1 fully saturated rings. The van der Waals surface area contributed by atoms with E-state index in [2.05, 4.69) is 24.5 Å². The van der Waals surface area contributed by atoms with Crippen molar-refractivity contribution in [2.24, 2.45) is 0 Å². The number of hydrogen-bond donors (Lipinski definition) is 2. The van der Waals surface area contributed by atoms with E-state index in [1.165, 1.54) is 19.3 Å². The van der Waals surface area contributed by atoms with Gasteiger partial charge in [-0.05, 0) is 49.9 Å². The van der Waals surface area contributed by atoms with E-state index in [1.807, 2.05) is 17.0 Å². The topological polar surface area (TPSA) is 61.4 Å². The van der Waals surface area contributed by atoms with Gasteiger partial charge in [0.05, 0.1) is 6.54 Å². The van der Waals surface area contributed by atoms with Crippen molar-refractivity contribution in [3.05, 3.63) is 29.8 Å². The summed E-state index contributed by atoms with van der Waals surface area (Å²) in [6.07, 6.45) is 8.04. The smallest absolute Gasteiger partial charge is 0.253 e. The monoisotopic (exact) mass is 359 g/mol. The zero-order chi connectivity index (χ0) is 18.8. The van der Waals surface area contributed by atoms with E-state index in [4.69, 9.17) is 0 Å². The second kappa shape index (κ2) is 11.0. The van der Waals surface area contributed by atoms with E-state index in [-0.39, 0.29) is 11.8 Å². The van der Waals surface area contributed by atoms with Gasteiger partial charge in [0.2, 0.25) is 5.91 Å². The average Bonchev–Trinajstić information content (AvgIpc) is 2.67. The molecule has 5 heteroatoms. The van der Waals surface area contributed by atoms with Crippen LogP contribution in [0.2, 0.25) is 0 Å². The fourth-order valence-corrected chi connectivity index (χ4v) is 3.48. The molecule has 1 aliphatic carbocycles. The Hall–Kier alpha value is -1.88. The average molecular weight is 360 g/mol. The Labute approximate surface area is 157 Å². The highest BCUT2D eigenvalue weighted by Crippen LogP contribution is 2.17. The summed E-state index contributed by atoms with van der Waals surface area (Å²) in [5.74, 6) is 0.0267. The number of carbonyl (C=O) groups is 2. The highest BCUT2D eigenvalue weighted by molar-refractivity contribution is 5.96. The van der Waals surface area contributed by atoms with E-state index in [9.17, 15) is 9.59 Å². The Kier molecular flexibility index (Phi) is 8.62. The van der Waals surface area contributed by atoms with Gasteiger partial charge < -0.3 is 15.5 Å². The number of benzene rings is 1. The molecule has 0 heterocycles. The molecule has 144 valence electrons. The molecule has 2 rings (SSSR count). The third-order valence-corrected chi connectivity index (χ3v) is 4.85. The molecule has 0 aliphatic heterocycles. The minimum Gasteiger partial charge on any atom is -0.339 e. The first-order valence-corrected chi connectivity index (χ1v) is 10.1. The number of nitrogens with one attached hydrogen (secondary N) is 2. The van der Waals surface area contributed by atoms with Crippen LogP contribution in [0, 0.1) is 0 Å². The van der Waals surface area contributed by atoms with E-state index < -0.39 is 0 Å². The highest BCUT2D eigenvalue weighted by atomic mass is 16.2. The standard InChI is InChI=1S/C21H33N3O2/c1-3-14-24(15-4-2)21(26)17-10-12-19(13-11-17)23-20(25)16-22-18-8-6-5-7-9-18/h10-13,18,22H,3-9,14-16H2,1-2H3,(H,23,25). The van der Waals surface area contributed by atoms with Crippen molar-refractivity contribution in [1.82, 2.24) is 10.2 Å².